The summed E-state index contributed by atoms with van der Waals surface area (Å²) in [6.45, 7) is 7.83. The van der Waals surface area contributed by atoms with E-state index in [0.717, 1.165) is 10.0 Å². The van der Waals surface area contributed by atoms with Crippen molar-refractivity contribution in [2.24, 2.45) is 0 Å². The topological polar surface area (TPSA) is 38.3 Å². The van der Waals surface area contributed by atoms with Crippen molar-refractivity contribution in [3.8, 4) is 0 Å². The van der Waals surface area contributed by atoms with Crippen molar-refractivity contribution < 1.29 is 9.53 Å². The van der Waals surface area contributed by atoms with Crippen molar-refractivity contribution in [3.63, 3.8) is 0 Å². The smallest absolute Gasteiger partial charge is 0.320 e. The summed E-state index contributed by atoms with van der Waals surface area (Å²) in [6.07, 6.45) is 0. The average Bonchev–Trinajstić information content (AvgIpc) is 2.24. The fourth-order valence-electron chi connectivity index (χ4n) is 1.48. The lowest BCUT2D eigenvalue weighted by Crippen LogP contribution is -2.32. The Morgan fingerprint density at radius 3 is 2.39 bits per heavy atom. The molecule has 1 aromatic rings. The number of benzene rings is 1. The van der Waals surface area contributed by atoms with Gasteiger partial charge in [0.15, 0.2) is 0 Å². The summed E-state index contributed by atoms with van der Waals surface area (Å²) >= 11 is 3.40. The van der Waals surface area contributed by atoms with Gasteiger partial charge < -0.3 is 10.1 Å². The van der Waals surface area contributed by atoms with E-state index in [2.05, 4.69) is 21.2 Å². The number of nitrogens with one attached hydrogen (secondary N) is 1. The van der Waals surface area contributed by atoms with Gasteiger partial charge in [-0.1, -0.05) is 28.1 Å². The maximum Gasteiger partial charge on any atom is 0.320 e. The van der Waals surface area contributed by atoms with Crippen LogP contribution in [0.4, 0.5) is 0 Å². The van der Waals surface area contributed by atoms with Gasteiger partial charge in [-0.3, -0.25) is 4.79 Å². The summed E-state index contributed by atoms with van der Waals surface area (Å²) in [5.74, 6) is -0.230. The maximum atomic E-state index is 11.6. The number of halogens is 1. The molecular formula is C14H20BrNO2. The number of ether oxygens (including phenoxy) is 1. The fourth-order valence-corrected chi connectivity index (χ4v) is 1.75. The second-order valence-corrected chi connectivity index (χ2v) is 6.16. The van der Waals surface area contributed by atoms with Crippen molar-refractivity contribution in [1.82, 2.24) is 5.32 Å². The van der Waals surface area contributed by atoms with Gasteiger partial charge in [-0.15, -0.1) is 0 Å². The predicted octanol–water partition coefficient (Wildman–Crippen LogP) is 3.44. The molecule has 0 spiro atoms. The van der Waals surface area contributed by atoms with E-state index in [1.165, 1.54) is 0 Å². The van der Waals surface area contributed by atoms with Crippen LogP contribution in [0.5, 0.6) is 0 Å². The Morgan fingerprint density at radius 1 is 1.33 bits per heavy atom. The van der Waals surface area contributed by atoms with Gasteiger partial charge in [0, 0.05) is 10.5 Å². The van der Waals surface area contributed by atoms with E-state index in [-0.39, 0.29) is 18.6 Å². The van der Waals surface area contributed by atoms with E-state index in [1.807, 2.05) is 52.0 Å². The summed E-state index contributed by atoms with van der Waals surface area (Å²) in [6, 6.07) is 8.14. The number of rotatable bonds is 4. The predicted molar refractivity (Wildman–Crippen MR) is 76.4 cm³/mol. The van der Waals surface area contributed by atoms with Crippen LogP contribution in [-0.4, -0.2) is 18.1 Å². The molecule has 0 fully saturated rings. The van der Waals surface area contributed by atoms with E-state index in [1.54, 1.807) is 0 Å². The van der Waals surface area contributed by atoms with Gasteiger partial charge in [-0.25, -0.2) is 0 Å². The highest BCUT2D eigenvalue weighted by atomic mass is 79.9. The minimum Gasteiger partial charge on any atom is -0.459 e. The molecule has 0 saturated heterocycles. The molecule has 1 aromatic carbocycles. The lowest BCUT2D eigenvalue weighted by atomic mass is 10.1. The normalized spacial score (nSPS) is 13.2. The first kappa shape index (κ1) is 15.2. The molecule has 0 amide bonds. The van der Waals surface area contributed by atoms with Crippen LogP contribution in [0.25, 0.3) is 0 Å². The van der Waals surface area contributed by atoms with Crippen LogP contribution in [0.3, 0.4) is 0 Å². The van der Waals surface area contributed by atoms with Gasteiger partial charge in [-0.2, -0.15) is 0 Å². The minimum absolute atomic E-state index is 0.116. The molecule has 1 unspecified atom stereocenters. The Hall–Kier alpha value is -0.870. The van der Waals surface area contributed by atoms with E-state index in [9.17, 15) is 4.79 Å². The molecule has 0 bridgehead atoms. The van der Waals surface area contributed by atoms with Crippen LogP contribution in [0.15, 0.2) is 28.7 Å². The minimum atomic E-state index is -0.431. The largest absolute Gasteiger partial charge is 0.459 e. The molecule has 3 nitrogen and oxygen atoms in total. The van der Waals surface area contributed by atoms with E-state index in [4.69, 9.17) is 4.74 Å². The van der Waals surface area contributed by atoms with Crippen molar-refractivity contribution in [1.29, 1.82) is 0 Å². The van der Waals surface area contributed by atoms with Crippen LogP contribution in [0.1, 0.15) is 39.3 Å². The molecule has 0 aromatic heterocycles. The monoisotopic (exact) mass is 313 g/mol. The maximum absolute atomic E-state index is 11.6. The summed E-state index contributed by atoms with van der Waals surface area (Å²) < 4.78 is 6.28. The summed E-state index contributed by atoms with van der Waals surface area (Å²) in [7, 11) is 0. The van der Waals surface area contributed by atoms with Gasteiger partial charge in [-0.05, 0) is 45.4 Å². The molecule has 0 saturated carbocycles. The number of esters is 1. The first-order valence-corrected chi connectivity index (χ1v) is 6.78. The highest BCUT2D eigenvalue weighted by Crippen LogP contribution is 2.16. The third kappa shape index (κ3) is 5.65. The first-order chi connectivity index (χ1) is 8.28. The first-order valence-electron chi connectivity index (χ1n) is 5.98. The molecule has 4 heteroatoms. The lowest BCUT2D eigenvalue weighted by Gasteiger charge is -2.21. The van der Waals surface area contributed by atoms with Crippen molar-refractivity contribution >= 4 is 21.9 Å². The molecule has 18 heavy (non-hydrogen) atoms. The Balaban J connectivity index is 2.44. The SMILES string of the molecule is CC(NCC(=O)OC(C)(C)C)c1ccc(Br)cc1. The highest BCUT2D eigenvalue weighted by Gasteiger charge is 2.16. The summed E-state index contributed by atoms with van der Waals surface area (Å²) in [4.78, 5) is 11.6. The molecule has 0 radical (unpaired) electrons. The van der Waals surface area contributed by atoms with Crippen LogP contribution >= 0.6 is 15.9 Å². The van der Waals surface area contributed by atoms with Crippen LogP contribution in [-0.2, 0) is 9.53 Å². The lowest BCUT2D eigenvalue weighted by molar-refractivity contribution is -0.153. The molecular weight excluding hydrogens is 294 g/mol. The number of hydrogen-bond donors (Lipinski definition) is 1. The van der Waals surface area contributed by atoms with Crippen LogP contribution < -0.4 is 5.32 Å². The summed E-state index contributed by atoms with van der Waals surface area (Å²) in [5, 5.41) is 3.15. The fraction of sp³-hybridized carbons (Fsp3) is 0.500. The zero-order chi connectivity index (χ0) is 13.8. The third-order valence-electron chi connectivity index (χ3n) is 2.34. The molecule has 0 heterocycles. The van der Waals surface area contributed by atoms with Crippen LogP contribution in [0.2, 0.25) is 0 Å². The standard InChI is InChI=1S/C14H20BrNO2/c1-10(11-5-7-12(15)8-6-11)16-9-13(17)18-14(2,3)4/h5-8,10,16H,9H2,1-4H3. The molecule has 1 N–H and O–H groups in total. The van der Waals surface area contributed by atoms with Crippen molar-refractivity contribution in [2.45, 2.75) is 39.3 Å². The third-order valence-corrected chi connectivity index (χ3v) is 2.87. The van der Waals surface area contributed by atoms with Crippen molar-refractivity contribution in [2.75, 3.05) is 6.54 Å². The molecule has 0 aliphatic rings. The number of carbonyl (C=O) groups is 1. The Morgan fingerprint density at radius 2 is 1.89 bits per heavy atom. The molecule has 1 rings (SSSR count). The van der Waals surface area contributed by atoms with E-state index < -0.39 is 5.60 Å². The van der Waals surface area contributed by atoms with Crippen LogP contribution in [0, 0.1) is 0 Å². The zero-order valence-corrected chi connectivity index (χ0v) is 12.9. The zero-order valence-electron chi connectivity index (χ0n) is 11.3. The Bertz CT molecular complexity index is 395. The quantitative estimate of drug-likeness (QED) is 0.865. The van der Waals surface area contributed by atoms with Gasteiger partial charge in [0.1, 0.15) is 5.60 Å². The van der Waals surface area contributed by atoms with Gasteiger partial charge >= 0.3 is 5.97 Å². The second-order valence-electron chi connectivity index (χ2n) is 5.24. The van der Waals surface area contributed by atoms with Gasteiger partial charge in [0.25, 0.3) is 0 Å². The number of carbonyl (C=O) groups excluding carboxylic acids is 1. The molecule has 0 aliphatic heterocycles. The molecule has 0 aliphatic carbocycles. The number of hydrogen-bond acceptors (Lipinski definition) is 3. The Labute approximate surface area is 117 Å². The molecule has 1 atom stereocenters. The van der Waals surface area contributed by atoms with E-state index in [0.29, 0.717) is 0 Å². The van der Waals surface area contributed by atoms with Crippen molar-refractivity contribution in [3.05, 3.63) is 34.3 Å². The highest BCUT2D eigenvalue weighted by molar-refractivity contribution is 9.10. The van der Waals surface area contributed by atoms with Gasteiger partial charge in [0.2, 0.25) is 0 Å². The van der Waals surface area contributed by atoms with Gasteiger partial charge in [0.05, 0.1) is 6.54 Å². The molecule has 100 valence electrons. The average molecular weight is 314 g/mol. The summed E-state index contributed by atoms with van der Waals surface area (Å²) in [5.41, 5.74) is 0.710. The second kappa shape index (κ2) is 6.34. The van der Waals surface area contributed by atoms with E-state index >= 15 is 0 Å². The Kier molecular flexibility index (Phi) is 5.35.